The van der Waals surface area contributed by atoms with E-state index in [-0.39, 0.29) is 22.3 Å². The van der Waals surface area contributed by atoms with Gasteiger partial charge in [0, 0.05) is 15.1 Å². The minimum atomic E-state index is -0.910. The Balaban J connectivity index is 2.05. The van der Waals surface area contributed by atoms with Crippen molar-refractivity contribution in [3.63, 3.8) is 0 Å². The monoisotopic (exact) mass is 646 g/mol. The minimum Gasteiger partial charge on any atom is -0.457 e. The van der Waals surface area contributed by atoms with Gasteiger partial charge in [-0.3, -0.25) is 0 Å². The topological polar surface area (TPSA) is 46.5 Å². The predicted octanol–water partition coefficient (Wildman–Crippen LogP) is 7.90. The second-order valence-electron chi connectivity index (χ2n) is 10.9. The third-order valence-corrected chi connectivity index (χ3v) is 11.2. The van der Waals surface area contributed by atoms with Gasteiger partial charge >= 0.3 is 5.97 Å². The van der Waals surface area contributed by atoms with Gasteiger partial charge in [-0.1, -0.05) is 78.0 Å². The van der Waals surface area contributed by atoms with Crippen molar-refractivity contribution in [2.24, 2.45) is 5.41 Å². The average Bonchev–Trinajstić information content (AvgIpc) is 2.74. The summed E-state index contributed by atoms with van der Waals surface area (Å²) >= 11 is 11.5. The first-order chi connectivity index (χ1) is 15.2. The maximum atomic E-state index is 13.1. The smallest absolute Gasteiger partial charge is 0.338 e. The van der Waals surface area contributed by atoms with E-state index in [4.69, 9.17) is 4.74 Å². The van der Waals surface area contributed by atoms with Gasteiger partial charge in [-0.05, 0) is 90.3 Å². The molecule has 33 heavy (non-hydrogen) atoms. The van der Waals surface area contributed by atoms with Crippen LogP contribution in [-0.2, 0) is 11.2 Å². The summed E-state index contributed by atoms with van der Waals surface area (Å²) in [7, 11) is 0. The molecule has 1 aliphatic carbocycles. The first-order valence-corrected chi connectivity index (χ1v) is 14.5. The van der Waals surface area contributed by atoms with Gasteiger partial charge in [0.1, 0.15) is 6.10 Å². The summed E-state index contributed by atoms with van der Waals surface area (Å²) in [6, 6.07) is 7.89. The maximum absolute atomic E-state index is 13.1. The van der Waals surface area contributed by atoms with E-state index in [0.717, 1.165) is 37.7 Å². The highest BCUT2D eigenvalue weighted by Crippen LogP contribution is 2.50. The molecule has 0 spiro atoms. The highest BCUT2D eigenvalue weighted by molar-refractivity contribution is 9.10. The first-order valence-electron chi connectivity index (χ1n) is 11.9. The number of ether oxygens (including phenoxy) is 1. The number of esters is 1. The Bertz CT molecular complexity index is 902. The molecule has 0 unspecified atom stereocenters. The van der Waals surface area contributed by atoms with Gasteiger partial charge < -0.3 is 9.84 Å². The highest BCUT2D eigenvalue weighted by Gasteiger charge is 2.42. The van der Waals surface area contributed by atoms with E-state index in [2.05, 4.69) is 67.7 Å². The molecule has 1 N–H and O–H groups in total. The lowest BCUT2D eigenvalue weighted by Gasteiger charge is -2.43. The molecule has 0 saturated heterocycles. The van der Waals surface area contributed by atoms with Crippen LogP contribution in [0.5, 0.6) is 0 Å². The second-order valence-corrected chi connectivity index (χ2v) is 15.2. The fourth-order valence-electron chi connectivity index (χ4n) is 5.22. The lowest BCUT2D eigenvalue weighted by molar-refractivity contribution is 0.000636. The number of fused-ring (bicyclic) bond motifs is 3. The SMILES string of the molecule is CC1=C2Cc3cccc(c3)C(=O)O[C@H](C(C)(C)Br)CC[C@](C)(O)[C@H](Br)CC[C@]2(C)[C@@H](Br)CC1. The van der Waals surface area contributed by atoms with Gasteiger partial charge in [-0.2, -0.15) is 0 Å². The van der Waals surface area contributed by atoms with Crippen molar-refractivity contribution in [3.05, 3.63) is 46.5 Å². The molecule has 184 valence electrons. The van der Waals surface area contributed by atoms with E-state index in [1.54, 1.807) is 0 Å². The van der Waals surface area contributed by atoms with Crippen molar-refractivity contribution in [2.75, 3.05) is 0 Å². The lowest BCUT2D eigenvalue weighted by atomic mass is 9.66. The number of alkyl halides is 3. The molecule has 0 radical (unpaired) electrons. The second kappa shape index (κ2) is 10.4. The number of cyclic esters (lactones) is 1. The zero-order valence-corrected chi connectivity index (χ0v) is 25.1. The van der Waals surface area contributed by atoms with Gasteiger partial charge in [0.25, 0.3) is 0 Å². The highest BCUT2D eigenvalue weighted by atomic mass is 79.9. The number of aliphatic hydroxyl groups is 1. The molecular weight excluding hydrogens is 612 g/mol. The Kier molecular flexibility index (Phi) is 8.67. The van der Waals surface area contributed by atoms with E-state index in [1.807, 2.05) is 39.0 Å². The largest absolute Gasteiger partial charge is 0.457 e. The third-order valence-electron chi connectivity index (χ3n) is 7.73. The summed E-state index contributed by atoms with van der Waals surface area (Å²) in [6.45, 7) is 10.5. The quantitative estimate of drug-likeness (QED) is 0.191. The van der Waals surface area contributed by atoms with Crippen molar-refractivity contribution >= 4 is 53.8 Å². The molecular formula is C27H37Br3O3. The Labute approximate surface area is 224 Å². The number of allylic oxidation sites excluding steroid dienone is 2. The van der Waals surface area contributed by atoms with Crippen LogP contribution in [0.15, 0.2) is 35.4 Å². The average molecular weight is 649 g/mol. The molecule has 2 aliphatic rings. The van der Waals surface area contributed by atoms with Crippen LogP contribution >= 0.6 is 47.8 Å². The van der Waals surface area contributed by atoms with Crippen LogP contribution in [-0.4, -0.2) is 36.8 Å². The molecule has 6 heteroatoms. The molecule has 1 aliphatic heterocycles. The summed E-state index contributed by atoms with van der Waals surface area (Å²) in [5.41, 5.74) is 3.70. The zero-order chi connectivity index (χ0) is 24.6. The molecule has 1 aromatic rings. The minimum absolute atomic E-state index is 0.0124. The number of benzene rings is 1. The van der Waals surface area contributed by atoms with Gasteiger partial charge in [0.05, 0.1) is 15.5 Å². The first kappa shape index (κ1) is 27.4. The van der Waals surface area contributed by atoms with Gasteiger partial charge in [-0.15, -0.1) is 0 Å². The molecule has 0 aromatic heterocycles. The van der Waals surface area contributed by atoms with E-state index in [0.29, 0.717) is 23.2 Å². The van der Waals surface area contributed by atoms with E-state index in [9.17, 15) is 9.90 Å². The summed E-state index contributed by atoms with van der Waals surface area (Å²) in [6.07, 6.45) is 5.61. The fraction of sp³-hybridized carbons (Fsp3) is 0.667. The molecule has 0 saturated carbocycles. The molecule has 3 rings (SSSR count). The van der Waals surface area contributed by atoms with Crippen LogP contribution in [0, 0.1) is 5.41 Å². The number of halogens is 3. The van der Waals surface area contributed by atoms with Crippen LogP contribution in [0.1, 0.15) is 89.1 Å². The van der Waals surface area contributed by atoms with Gasteiger partial charge in [0.2, 0.25) is 0 Å². The van der Waals surface area contributed by atoms with Crippen LogP contribution in [0.25, 0.3) is 0 Å². The normalized spacial score (nSPS) is 34.7. The van der Waals surface area contributed by atoms with Crippen LogP contribution in [0.4, 0.5) is 0 Å². The molecule has 1 aromatic carbocycles. The maximum Gasteiger partial charge on any atom is 0.338 e. The number of carbonyl (C=O) groups excluding carboxylic acids is 1. The standard InChI is InChI=1S/C27H37Br3O3/c1-17-9-10-21(28)26(4)13-11-22(29)27(5,32)14-12-23(25(2,3)30)33-24(31)19-8-6-7-18(15-19)16-20(17)26/h6-8,15,21-23,32H,9-14,16H2,1-5H3/t21-,22+,23-,26-,27-/m0/s1. The number of hydrogen-bond acceptors (Lipinski definition) is 3. The van der Waals surface area contributed by atoms with Gasteiger partial charge in [-0.25, -0.2) is 4.79 Å². The number of rotatable bonds is 1. The van der Waals surface area contributed by atoms with Gasteiger partial charge in [0.15, 0.2) is 0 Å². The molecule has 5 atom stereocenters. The Hall–Kier alpha value is -0.170. The number of hydrogen-bond donors (Lipinski definition) is 1. The van der Waals surface area contributed by atoms with Crippen molar-refractivity contribution in [3.8, 4) is 0 Å². The predicted molar refractivity (Wildman–Crippen MR) is 147 cm³/mol. The molecule has 0 amide bonds. The van der Waals surface area contributed by atoms with Crippen LogP contribution < -0.4 is 0 Å². The molecule has 1 heterocycles. The van der Waals surface area contributed by atoms with Crippen molar-refractivity contribution in [2.45, 2.75) is 105 Å². The van der Waals surface area contributed by atoms with E-state index >= 15 is 0 Å². The van der Waals surface area contributed by atoms with Crippen LogP contribution in [0.2, 0.25) is 0 Å². The third kappa shape index (κ3) is 6.34. The Morgan fingerprint density at radius 1 is 1.09 bits per heavy atom. The van der Waals surface area contributed by atoms with Crippen molar-refractivity contribution in [1.82, 2.24) is 0 Å². The van der Waals surface area contributed by atoms with E-state index < -0.39 is 9.93 Å². The fourth-order valence-corrected chi connectivity index (χ4v) is 6.73. The summed E-state index contributed by atoms with van der Waals surface area (Å²) in [5, 5.41) is 11.3. The molecule has 2 bridgehead atoms. The van der Waals surface area contributed by atoms with Crippen molar-refractivity contribution < 1.29 is 14.6 Å². The summed E-state index contributed by atoms with van der Waals surface area (Å²) in [5.74, 6) is -0.310. The zero-order valence-electron chi connectivity index (χ0n) is 20.4. The van der Waals surface area contributed by atoms with E-state index in [1.165, 1.54) is 11.1 Å². The summed E-state index contributed by atoms with van der Waals surface area (Å²) < 4.78 is 5.59. The molecule has 3 nitrogen and oxygen atoms in total. The summed E-state index contributed by atoms with van der Waals surface area (Å²) in [4.78, 5) is 13.5. The Morgan fingerprint density at radius 2 is 1.79 bits per heavy atom. The van der Waals surface area contributed by atoms with Crippen LogP contribution in [0.3, 0.4) is 0 Å². The Morgan fingerprint density at radius 3 is 2.45 bits per heavy atom. The number of carbonyl (C=O) groups is 1. The molecule has 0 fully saturated rings. The van der Waals surface area contributed by atoms with Crippen molar-refractivity contribution in [1.29, 1.82) is 0 Å². The lowest BCUT2D eigenvalue weighted by Crippen LogP contribution is -2.41.